The van der Waals surface area contributed by atoms with Crippen molar-refractivity contribution < 1.29 is 0 Å². The molecule has 2 aromatic rings. The van der Waals surface area contributed by atoms with Gasteiger partial charge in [0.1, 0.15) is 12.1 Å². The zero-order valence-corrected chi connectivity index (χ0v) is 7.28. The van der Waals surface area contributed by atoms with Gasteiger partial charge in [-0.25, -0.2) is 9.97 Å². The van der Waals surface area contributed by atoms with Crippen LogP contribution in [-0.4, -0.2) is 22.0 Å². The maximum Gasteiger partial charge on any atom is 0.129 e. The predicted molar refractivity (Wildman–Crippen MR) is 51.4 cm³/mol. The molecule has 0 radical (unpaired) electrons. The fraction of sp³-hybridized carbons (Fsp3) is 0.111. The second-order valence-electron chi connectivity index (χ2n) is 2.64. The minimum absolute atomic E-state index is 0.825. The number of nitrogens with zero attached hydrogens (tertiary/aromatic N) is 2. The first kappa shape index (κ1) is 7.79. The molecule has 2 heterocycles. The smallest absolute Gasteiger partial charge is 0.129 e. The molecule has 0 saturated heterocycles. The van der Waals surface area contributed by atoms with E-state index in [9.17, 15) is 0 Å². The number of rotatable bonds is 2. The first-order valence-corrected chi connectivity index (χ1v) is 4.03. The number of hydrogen-bond acceptors (Lipinski definition) is 3. The van der Waals surface area contributed by atoms with Crippen LogP contribution in [0.3, 0.4) is 0 Å². The molecule has 0 atom stereocenters. The molecule has 66 valence electrons. The van der Waals surface area contributed by atoms with E-state index in [0.29, 0.717) is 0 Å². The predicted octanol–water partition coefficient (Wildman–Crippen LogP) is 1.51. The Morgan fingerprint density at radius 3 is 3.00 bits per heavy atom. The minimum Gasteiger partial charge on any atom is -0.373 e. The Morgan fingerprint density at radius 1 is 1.38 bits per heavy atom. The fourth-order valence-corrected chi connectivity index (χ4v) is 1.14. The van der Waals surface area contributed by atoms with Gasteiger partial charge < -0.3 is 10.3 Å². The molecule has 0 amide bonds. The van der Waals surface area contributed by atoms with E-state index in [1.54, 1.807) is 6.33 Å². The summed E-state index contributed by atoms with van der Waals surface area (Å²) in [6, 6.07) is 3.88. The molecule has 2 N–H and O–H groups in total. The second kappa shape index (κ2) is 3.26. The van der Waals surface area contributed by atoms with E-state index in [0.717, 1.165) is 17.1 Å². The number of aromatic amines is 1. The van der Waals surface area contributed by atoms with Crippen LogP contribution in [0.25, 0.3) is 11.3 Å². The Morgan fingerprint density at radius 2 is 2.31 bits per heavy atom. The van der Waals surface area contributed by atoms with E-state index in [-0.39, 0.29) is 0 Å². The fourth-order valence-electron chi connectivity index (χ4n) is 1.14. The molecule has 0 aromatic carbocycles. The molecule has 4 nitrogen and oxygen atoms in total. The molecule has 0 fully saturated rings. The number of nitrogens with one attached hydrogen (secondary N) is 2. The lowest BCUT2D eigenvalue weighted by Crippen LogP contribution is -1.93. The van der Waals surface area contributed by atoms with E-state index >= 15 is 0 Å². The quantitative estimate of drug-likeness (QED) is 0.725. The van der Waals surface area contributed by atoms with Gasteiger partial charge in [0.25, 0.3) is 0 Å². The van der Waals surface area contributed by atoms with Crippen LogP contribution in [0.15, 0.2) is 30.9 Å². The number of H-pyrrole nitrogens is 1. The van der Waals surface area contributed by atoms with E-state index in [4.69, 9.17) is 0 Å². The first-order chi connectivity index (χ1) is 6.40. The van der Waals surface area contributed by atoms with Gasteiger partial charge in [0.15, 0.2) is 0 Å². The summed E-state index contributed by atoms with van der Waals surface area (Å²) < 4.78 is 0. The van der Waals surface area contributed by atoms with Crippen molar-refractivity contribution >= 4 is 5.82 Å². The zero-order valence-electron chi connectivity index (χ0n) is 7.28. The molecular formula is C9H10N4. The van der Waals surface area contributed by atoms with Gasteiger partial charge in [-0.3, -0.25) is 0 Å². The minimum atomic E-state index is 0.825. The summed E-state index contributed by atoms with van der Waals surface area (Å²) in [5.74, 6) is 0.825. The molecule has 0 aliphatic heterocycles. The highest BCUT2D eigenvalue weighted by Gasteiger charge is 1.99. The maximum absolute atomic E-state index is 4.16. The molecule has 0 aliphatic carbocycles. The van der Waals surface area contributed by atoms with E-state index in [1.165, 1.54) is 0 Å². The summed E-state index contributed by atoms with van der Waals surface area (Å²) in [6.45, 7) is 0. The molecule has 0 unspecified atom stereocenters. The van der Waals surface area contributed by atoms with Crippen molar-refractivity contribution in [1.29, 1.82) is 0 Å². The van der Waals surface area contributed by atoms with Gasteiger partial charge in [-0.2, -0.15) is 0 Å². The molecule has 0 spiro atoms. The second-order valence-corrected chi connectivity index (χ2v) is 2.64. The standard InChI is InChI=1S/C9H10N4/c1-10-9-4-8(12-6-13-9)7-2-3-11-5-7/h2-6,11H,1H3,(H,10,12,13). The van der Waals surface area contributed by atoms with Gasteiger partial charge in [0.05, 0.1) is 5.69 Å². The molecule has 13 heavy (non-hydrogen) atoms. The normalized spacial score (nSPS) is 9.92. The Hall–Kier alpha value is -1.84. The number of anilines is 1. The van der Waals surface area contributed by atoms with E-state index < -0.39 is 0 Å². The van der Waals surface area contributed by atoms with Crippen LogP contribution >= 0.6 is 0 Å². The lowest BCUT2D eigenvalue weighted by Gasteiger charge is -2.00. The number of hydrogen-bond donors (Lipinski definition) is 2. The highest BCUT2D eigenvalue weighted by molar-refractivity contribution is 5.60. The highest BCUT2D eigenvalue weighted by Crippen LogP contribution is 2.16. The lowest BCUT2D eigenvalue weighted by atomic mass is 10.2. The van der Waals surface area contributed by atoms with Crippen LogP contribution in [-0.2, 0) is 0 Å². The zero-order chi connectivity index (χ0) is 9.10. The summed E-state index contributed by atoms with van der Waals surface area (Å²) in [6.07, 6.45) is 5.33. The third-order valence-electron chi connectivity index (χ3n) is 1.82. The van der Waals surface area contributed by atoms with Crippen molar-refractivity contribution in [3.05, 3.63) is 30.9 Å². The molecule has 0 saturated carbocycles. The molecule has 0 aliphatic rings. The monoisotopic (exact) mass is 174 g/mol. The Labute approximate surface area is 76.1 Å². The van der Waals surface area contributed by atoms with Gasteiger partial charge in [0, 0.05) is 31.1 Å². The van der Waals surface area contributed by atoms with Crippen molar-refractivity contribution in [2.45, 2.75) is 0 Å². The van der Waals surface area contributed by atoms with Crippen LogP contribution in [0, 0.1) is 0 Å². The van der Waals surface area contributed by atoms with Gasteiger partial charge in [0.2, 0.25) is 0 Å². The van der Waals surface area contributed by atoms with Crippen molar-refractivity contribution in [2.75, 3.05) is 12.4 Å². The van der Waals surface area contributed by atoms with Crippen molar-refractivity contribution in [2.24, 2.45) is 0 Å². The SMILES string of the molecule is CNc1cc(-c2cc[nH]c2)ncn1. The summed E-state index contributed by atoms with van der Waals surface area (Å²) >= 11 is 0. The summed E-state index contributed by atoms with van der Waals surface area (Å²) in [7, 11) is 1.84. The van der Waals surface area contributed by atoms with Gasteiger partial charge in [-0.1, -0.05) is 0 Å². The van der Waals surface area contributed by atoms with Crippen LogP contribution in [0.1, 0.15) is 0 Å². The molecule has 2 rings (SSSR count). The first-order valence-electron chi connectivity index (χ1n) is 4.03. The molecule has 4 heteroatoms. The number of aromatic nitrogens is 3. The summed E-state index contributed by atoms with van der Waals surface area (Å²) in [5.41, 5.74) is 1.99. The molecule has 2 aromatic heterocycles. The van der Waals surface area contributed by atoms with E-state index in [1.807, 2.05) is 31.6 Å². The lowest BCUT2D eigenvalue weighted by molar-refractivity contribution is 1.16. The van der Waals surface area contributed by atoms with Crippen LogP contribution < -0.4 is 5.32 Å². The largest absolute Gasteiger partial charge is 0.373 e. The van der Waals surface area contributed by atoms with Crippen molar-refractivity contribution in [1.82, 2.24) is 15.0 Å². The Kier molecular flexibility index (Phi) is 1.96. The highest BCUT2D eigenvalue weighted by atomic mass is 15.0. The van der Waals surface area contributed by atoms with Crippen LogP contribution in [0.5, 0.6) is 0 Å². The third-order valence-corrected chi connectivity index (χ3v) is 1.82. The average Bonchev–Trinajstić information content (AvgIpc) is 2.71. The Bertz CT molecular complexity index is 380. The topological polar surface area (TPSA) is 53.6 Å². The van der Waals surface area contributed by atoms with Gasteiger partial charge >= 0.3 is 0 Å². The van der Waals surface area contributed by atoms with Gasteiger partial charge in [-0.05, 0) is 6.07 Å². The Balaban J connectivity index is 2.41. The van der Waals surface area contributed by atoms with Crippen molar-refractivity contribution in [3.8, 4) is 11.3 Å². The van der Waals surface area contributed by atoms with Crippen molar-refractivity contribution in [3.63, 3.8) is 0 Å². The summed E-state index contributed by atoms with van der Waals surface area (Å²) in [5, 5.41) is 2.97. The average molecular weight is 174 g/mol. The maximum atomic E-state index is 4.16. The summed E-state index contributed by atoms with van der Waals surface area (Å²) in [4.78, 5) is 11.2. The molecule has 0 bridgehead atoms. The van der Waals surface area contributed by atoms with Crippen LogP contribution in [0.4, 0.5) is 5.82 Å². The third kappa shape index (κ3) is 1.51. The van der Waals surface area contributed by atoms with E-state index in [2.05, 4.69) is 20.3 Å². The van der Waals surface area contributed by atoms with Gasteiger partial charge in [-0.15, -0.1) is 0 Å². The van der Waals surface area contributed by atoms with Crippen LogP contribution in [0.2, 0.25) is 0 Å². The molecular weight excluding hydrogens is 164 g/mol.